The van der Waals surface area contributed by atoms with Crippen molar-refractivity contribution in [3.8, 4) is 0 Å². The molecule has 92 valence electrons. The number of esters is 1. The second-order valence-corrected chi connectivity index (χ2v) is 4.08. The second kappa shape index (κ2) is 5.42. The number of halogens is 2. The van der Waals surface area contributed by atoms with Gasteiger partial charge in [-0.3, -0.25) is 0 Å². The predicted molar refractivity (Wildman–Crippen MR) is 58.5 cm³/mol. The van der Waals surface area contributed by atoms with Gasteiger partial charge in [-0.1, -0.05) is 11.6 Å². The summed E-state index contributed by atoms with van der Waals surface area (Å²) < 4.78 is 23.2. The Labute approximate surface area is 103 Å². The molecule has 17 heavy (non-hydrogen) atoms. The molecule has 1 fully saturated rings. The van der Waals surface area contributed by atoms with E-state index in [9.17, 15) is 9.18 Å². The van der Waals surface area contributed by atoms with Crippen molar-refractivity contribution in [3.63, 3.8) is 0 Å². The van der Waals surface area contributed by atoms with Crippen molar-refractivity contribution in [1.29, 1.82) is 0 Å². The SMILES string of the molecule is O=C(OCC1CCCO1)c1cc(F)cnc1Cl. The molecule has 1 unspecified atom stereocenters. The van der Waals surface area contributed by atoms with E-state index in [-0.39, 0.29) is 23.4 Å². The van der Waals surface area contributed by atoms with Crippen LogP contribution in [0, 0.1) is 5.82 Å². The lowest BCUT2D eigenvalue weighted by Crippen LogP contribution is -2.18. The van der Waals surface area contributed by atoms with Crippen molar-refractivity contribution in [2.75, 3.05) is 13.2 Å². The molecule has 0 aliphatic carbocycles. The summed E-state index contributed by atoms with van der Waals surface area (Å²) in [5.41, 5.74) is -0.0651. The number of nitrogens with zero attached hydrogens (tertiary/aromatic N) is 1. The zero-order chi connectivity index (χ0) is 12.3. The molecule has 1 saturated heterocycles. The van der Waals surface area contributed by atoms with Gasteiger partial charge in [0.05, 0.1) is 17.9 Å². The van der Waals surface area contributed by atoms with Gasteiger partial charge in [-0.25, -0.2) is 14.2 Å². The van der Waals surface area contributed by atoms with Crippen LogP contribution in [0.5, 0.6) is 0 Å². The summed E-state index contributed by atoms with van der Waals surface area (Å²) in [6.45, 7) is 0.843. The molecule has 0 saturated carbocycles. The number of rotatable bonds is 3. The van der Waals surface area contributed by atoms with Gasteiger partial charge in [0.25, 0.3) is 0 Å². The Morgan fingerprint density at radius 2 is 2.53 bits per heavy atom. The molecule has 2 rings (SSSR count). The molecule has 1 aliphatic heterocycles. The van der Waals surface area contributed by atoms with E-state index >= 15 is 0 Å². The molecule has 1 aromatic heterocycles. The number of carbonyl (C=O) groups is 1. The summed E-state index contributed by atoms with van der Waals surface area (Å²) in [5, 5.41) is -0.0660. The molecule has 0 aromatic carbocycles. The van der Waals surface area contributed by atoms with Crippen LogP contribution >= 0.6 is 11.6 Å². The van der Waals surface area contributed by atoms with Gasteiger partial charge >= 0.3 is 5.97 Å². The van der Waals surface area contributed by atoms with Crippen LogP contribution in [0.1, 0.15) is 23.2 Å². The molecule has 0 amide bonds. The smallest absolute Gasteiger partial charge is 0.341 e. The third-order valence-corrected chi connectivity index (χ3v) is 2.75. The largest absolute Gasteiger partial charge is 0.459 e. The minimum absolute atomic E-state index is 0.0651. The number of ether oxygens (including phenoxy) is 2. The van der Waals surface area contributed by atoms with Crippen molar-refractivity contribution in [2.24, 2.45) is 0 Å². The van der Waals surface area contributed by atoms with E-state index in [1.54, 1.807) is 0 Å². The molecule has 0 N–H and O–H groups in total. The Morgan fingerprint density at radius 1 is 1.71 bits per heavy atom. The van der Waals surface area contributed by atoms with Gasteiger partial charge in [0, 0.05) is 6.61 Å². The summed E-state index contributed by atoms with van der Waals surface area (Å²) in [6.07, 6.45) is 2.70. The van der Waals surface area contributed by atoms with Gasteiger partial charge in [-0.15, -0.1) is 0 Å². The Balaban J connectivity index is 1.96. The third kappa shape index (κ3) is 3.14. The van der Waals surface area contributed by atoms with Crippen LogP contribution in [0.2, 0.25) is 5.15 Å². The number of aromatic nitrogens is 1. The highest BCUT2D eigenvalue weighted by Crippen LogP contribution is 2.17. The molecule has 0 spiro atoms. The number of hydrogen-bond acceptors (Lipinski definition) is 4. The van der Waals surface area contributed by atoms with Gasteiger partial charge in [0.2, 0.25) is 0 Å². The fourth-order valence-electron chi connectivity index (χ4n) is 1.59. The molecule has 0 bridgehead atoms. The normalized spacial score (nSPS) is 19.3. The van der Waals surface area contributed by atoms with Crippen molar-refractivity contribution in [3.05, 3.63) is 28.8 Å². The lowest BCUT2D eigenvalue weighted by atomic mass is 10.2. The lowest BCUT2D eigenvalue weighted by molar-refractivity contribution is 0.0161. The number of pyridine rings is 1. The van der Waals surface area contributed by atoms with Crippen molar-refractivity contribution in [2.45, 2.75) is 18.9 Å². The van der Waals surface area contributed by atoms with Crippen LogP contribution in [0.4, 0.5) is 4.39 Å². The average molecular weight is 260 g/mol. The molecular formula is C11H11ClFNO3. The zero-order valence-corrected chi connectivity index (χ0v) is 9.74. The Bertz CT molecular complexity index is 421. The van der Waals surface area contributed by atoms with E-state index in [2.05, 4.69) is 4.98 Å². The summed E-state index contributed by atoms with van der Waals surface area (Å²) >= 11 is 5.68. The number of carbonyl (C=O) groups excluding carboxylic acids is 1. The Morgan fingerprint density at radius 3 is 3.24 bits per heavy atom. The zero-order valence-electron chi connectivity index (χ0n) is 8.99. The number of hydrogen-bond donors (Lipinski definition) is 0. The lowest BCUT2D eigenvalue weighted by Gasteiger charge is -2.10. The van der Waals surface area contributed by atoms with Crippen LogP contribution in [0.3, 0.4) is 0 Å². The summed E-state index contributed by atoms with van der Waals surface area (Å²) in [6, 6.07) is 1.01. The van der Waals surface area contributed by atoms with Gasteiger partial charge < -0.3 is 9.47 Å². The van der Waals surface area contributed by atoms with Gasteiger partial charge in [-0.05, 0) is 18.9 Å². The molecule has 2 heterocycles. The van der Waals surface area contributed by atoms with Crippen molar-refractivity contribution < 1.29 is 18.7 Å². The van der Waals surface area contributed by atoms with E-state index < -0.39 is 11.8 Å². The van der Waals surface area contributed by atoms with E-state index in [1.165, 1.54) is 0 Å². The standard InChI is InChI=1S/C11H11ClFNO3/c12-10-9(4-7(13)5-14-10)11(15)17-6-8-2-1-3-16-8/h4-5,8H,1-3,6H2. The molecule has 1 aromatic rings. The van der Waals surface area contributed by atoms with E-state index in [1.807, 2.05) is 0 Å². The van der Waals surface area contributed by atoms with Crippen molar-refractivity contribution in [1.82, 2.24) is 4.98 Å². The molecule has 1 atom stereocenters. The first kappa shape index (κ1) is 12.3. The minimum Gasteiger partial charge on any atom is -0.459 e. The second-order valence-electron chi connectivity index (χ2n) is 3.73. The van der Waals surface area contributed by atoms with E-state index in [4.69, 9.17) is 21.1 Å². The van der Waals surface area contributed by atoms with Gasteiger partial charge in [-0.2, -0.15) is 0 Å². The summed E-state index contributed by atoms with van der Waals surface area (Å²) in [5.74, 6) is -1.31. The highest BCUT2D eigenvalue weighted by Gasteiger charge is 2.20. The highest BCUT2D eigenvalue weighted by molar-refractivity contribution is 6.32. The highest BCUT2D eigenvalue weighted by atomic mass is 35.5. The molecule has 1 aliphatic rings. The van der Waals surface area contributed by atoms with Crippen LogP contribution in [0.15, 0.2) is 12.3 Å². The quantitative estimate of drug-likeness (QED) is 0.617. The fourth-order valence-corrected chi connectivity index (χ4v) is 1.77. The van der Waals surface area contributed by atoms with Crippen LogP contribution in [-0.2, 0) is 9.47 Å². The molecule has 6 heteroatoms. The average Bonchev–Trinajstić information content (AvgIpc) is 2.82. The topological polar surface area (TPSA) is 48.4 Å². The first-order valence-corrected chi connectivity index (χ1v) is 5.64. The van der Waals surface area contributed by atoms with Crippen LogP contribution < -0.4 is 0 Å². The maximum Gasteiger partial charge on any atom is 0.341 e. The monoisotopic (exact) mass is 259 g/mol. The fraction of sp³-hybridized carbons (Fsp3) is 0.455. The summed E-state index contributed by atoms with van der Waals surface area (Å²) in [4.78, 5) is 15.1. The molecule has 4 nitrogen and oxygen atoms in total. The summed E-state index contributed by atoms with van der Waals surface area (Å²) in [7, 11) is 0. The van der Waals surface area contributed by atoms with E-state index in [0.29, 0.717) is 6.61 Å². The van der Waals surface area contributed by atoms with Crippen LogP contribution in [-0.4, -0.2) is 30.3 Å². The van der Waals surface area contributed by atoms with E-state index in [0.717, 1.165) is 25.1 Å². The van der Waals surface area contributed by atoms with Gasteiger partial charge in [0.15, 0.2) is 0 Å². The van der Waals surface area contributed by atoms with Crippen LogP contribution in [0.25, 0.3) is 0 Å². The first-order valence-electron chi connectivity index (χ1n) is 5.26. The Kier molecular flexibility index (Phi) is 3.91. The molecular weight excluding hydrogens is 249 g/mol. The maximum atomic E-state index is 12.9. The minimum atomic E-state index is -0.683. The van der Waals surface area contributed by atoms with Crippen molar-refractivity contribution >= 4 is 17.6 Å². The Hall–Kier alpha value is -1.20. The molecule has 0 radical (unpaired) electrons. The maximum absolute atomic E-state index is 12.9. The first-order chi connectivity index (χ1) is 8.16. The third-order valence-electron chi connectivity index (χ3n) is 2.45. The van der Waals surface area contributed by atoms with Gasteiger partial charge in [0.1, 0.15) is 17.6 Å². The predicted octanol–water partition coefficient (Wildman–Crippen LogP) is 2.21.